The van der Waals surface area contributed by atoms with Crippen LogP contribution in [0.2, 0.25) is 0 Å². The molecule has 0 aromatic heterocycles. The first-order valence-corrected chi connectivity index (χ1v) is 3.26. The van der Waals surface area contributed by atoms with E-state index in [4.69, 9.17) is 5.73 Å². The SMILES string of the molecule is Cl.NC12CC(=O)NCC1C2. The van der Waals surface area contributed by atoms with Crippen LogP contribution in [0.5, 0.6) is 0 Å². The second-order valence-electron chi connectivity index (χ2n) is 3.12. The van der Waals surface area contributed by atoms with Crippen molar-refractivity contribution in [2.45, 2.75) is 18.4 Å². The molecule has 0 spiro atoms. The fourth-order valence-corrected chi connectivity index (χ4v) is 1.49. The molecule has 4 heteroatoms. The molecule has 0 bridgehead atoms. The lowest BCUT2D eigenvalue weighted by Gasteiger charge is -2.16. The Labute approximate surface area is 65.8 Å². The Hall–Kier alpha value is -0.280. The number of hydrogen-bond donors (Lipinski definition) is 2. The molecule has 1 amide bonds. The minimum atomic E-state index is -0.0949. The largest absolute Gasteiger partial charge is 0.356 e. The monoisotopic (exact) mass is 162 g/mol. The van der Waals surface area contributed by atoms with Crippen LogP contribution < -0.4 is 11.1 Å². The van der Waals surface area contributed by atoms with E-state index in [0.29, 0.717) is 12.3 Å². The van der Waals surface area contributed by atoms with Crippen molar-refractivity contribution in [3.8, 4) is 0 Å². The smallest absolute Gasteiger partial charge is 0.221 e. The zero-order valence-corrected chi connectivity index (χ0v) is 6.41. The molecule has 2 rings (SSSR count). The van der Waals surface area contributed by atoms with Gasteiger partial charge in [-0.05, 0) is 12.3 Å². The molecule has 0 radical (unpaired) electrons. The van der Waals surface area contributed by atoms with Gasteiger partial charge in [-0.1, -0.05) is 0 Å². The highest BCUT2D eigenvalue weighted by atomic mass is 35.5. The molecule has 3 nitrogen and oxygen atoms in total. The second-order valence-corrected chi connectivity index (χ2v) is 3.12. The number of fused-ring (bicyclic) bond motifs is 1. The van der Waals surface area contributed by atoms with E-state index in [9.17, 15) is 4.79 Å². The number of carbonyl (C=O) groups is 1. The maximum absolute atomic E-state index is 10.7. The van der Waals surface area contributed by atoms with Crippen LogP contribution in [0, 0.1) is 5.92 Å². The maximum atomic E-state index is 10.7. The van der Waals surface area contributed by atoms with Gasteiger partial charge < -0.3 is 11.1 Å². The quantitative estimate of drug-likeness (QED) is 0.512. The zero-order chi connectivity index (χ0) is 6.48. The Kier molecular flexibility index (Phi) is 1.65. The summed E-state index contributed by atoms with van der Waals surface area (Å²) >= 11 is 0. The van der Waals surface area contributed by atoms with Crippen molar-refractivity contribution in [3.63, 3.8) is 0 Å². The lowest BCUT2D eigenvalue weighted by molar-refractivity contribution is -0.122. The molecule has 58 valence electrons. The Morgan fingerprint density at radius 3 is 2.90 bits per heavy atom. The van der Waals surface area contributed by atoms with Crippen LogP contribution in [0.1, 0.15) is 12.8 Å². The number of nitrogens with two attached hydrogens (primary N) is 1. The predicted octanol–water partition coefficient (Wildman–Crippen LogP) is -0.355. The molecule has 0 aromatic carbocycles. The fraction of sp³-hybridized carbons (Fsp3) is 0.833. The number of halogens is 1. The molecular weight excluding hydrogens is 152 g/mol. The summed E-state index contributed by atoms with van der Waals surface area (Å²) in [6.45, 7) is 0.801. The molecule has 2 atom stereocenters. The lowest BCUT2D eigenvalue weighted by Crippen LogP contribution is -2.42. The number of rotatable bonds is 0. The van der Waals surface area contributed by atoms with Gasteiger partial charge in [0, 0.05) is 18.5 Å². The lowest BCUT2D eigenvalue weighted by atomic mass is 10.1. The zero-order valence-electron chi connectivity index (χ0n) is 5.59. The summed E-state index contributed by atoms with van der Waals surface area (Å²) < 4.78 is 0. The molecule has 1 aliphatic heterocycles. The minimum absolute atomic E-state index is 0. The van der Waals surface area contributed by atoms with Crippen molar-refractivity contribution in [2.75, 3.05) is 6.54 Å². The number of piperidine rings is 1. The van der Waals surface area contributed by atoms with Gasteiger partial charge in [-0.15, -0.1) is 12.4 Å². The van der Waals surface area contributed by atoms with Crippen LogP contribution in [0.3, 0.4) is 0 Å². The number of hydrogen-bond acceptors (Lipinski definition) is 2. The standard InChI is InChI=1S/C6H10N2O.ClH/c7-6-1-4(6)3-8-5(9)2-6;/h4H,1-3,7H2,(H,8,9);1H. The van der Waals surface area contributed by atoms with Crippen LogP contribution in [0.15, 0.2) is 0 Å². The van der Waals surface area contributed by atoms with Crippen molar-refractivity contribution >= 4 is 18.3 Å². The topological polar surface area (TPSA) is 55.1 Å². The molecular formula is C6H11ClN2O. The molecule has 2 aliphatic rings. The second kappa shape index (κ2) is 2.10. The van der Waals surface area contributed by atoms with Crippen LogP contribution in [0.25, 0.3) is 0 Å². The van der Waals surface area contributed by atoms with E-state index in [2.05, 4.69) is 5.32 Å². The van der Waals surface area contributed by atoms with Gasteiger partial charge >= 0.3 is 0 Å². The summed E-state index contributed by atoms with van der Waals surface area (Å²) in [7, 11) is 0. The maximum Gasteiger partial charge on any atom is 0.221 e. The average Bonchev–Trinajstić information content (AvgIpc) is 2.38. The van der Waals surface area contributed by atoms with E-state index in [1.165, 1.54) is 0 Å². The third kappa shape index (κ3) is 0.995. The Morgan fingerprint density at radius 1 is 1.70 bits per heavy atom. The first-order chi connectivity index (χ1) is 4.21. The first-order valence-electron chi connectivity index (χ1n) is 3.26. The van der Waals surface area contributed by atoms with Gasteiger partial charge in [0.2, 0.25) is 5.91 Å². The van der Waals surface area contributed by atoms with Crippen LogP contribution >= 0.6 is 12.4 Å². The summed E-state index contributed by atoms with van der Waals surface area (Å²) in [5, 5.41) is 2.78. The van der Waals surface area contributed by atoms with Crippen molar-refractivity contribution in [1.29, 1.82) is 0 Å². The Morgan fingerprint density at radius 2 is 2.40 bits per heavy atom. The molecule has 1 aliphatic carbocycles. The van der Waals surface area contributed by atoms with Gasteiger partial charge in [0.1, 0.15) is 0 Å². The Balaban J connectivity index is 0.000000500. The van der Waals surface area contributed by atoms with Crippen molar-refractivity contribution in [1.82, 2.24) is 5.32 Å². The molecule has 10 heavy (non-hydrogen) atoms. The molecule has 1 heterocycles. The van der Waals surface area contributed by atoms with Crippen molar-refractivity contribution in [2.24, 2.45) is 11.7 Å². The third-order valence-corrected chi connectivity index (χ3v) is 2.31. The molecule has 2 fully saturated rings. The number of amides is 1. The predicted molar refractivity (Wildman–Crippen MR) is 39.9 cm³/mol. The number of nitrogens with one attached hydrogen (secondary N) is 1. The molecule has 2 unspecified atom stereocenters. The highest BCUT2D eigenvalue weighted by molar-refractivity contribution is 5.85. The summed E-state index contributed by atoms with van der Waals surface area (Å²) in [6.07, 6.45) is 1.57. The first kappa shape index (κ1) is 7.82. The summed E-state index contributed by atoms with van der Waals surface area (Å²) in [4.78, 5) is 10.7. The molecule has 1 saturated carbocycles. The molecule has 0 aromatic rings. The highest BCUT2D eigenvalue weighted by Crippen LogP contribution is 2.45. The normalized spacial score (nSPS) is 42.9. The molecule has 3 N–H and O–H groups in total. The van der Waals surface area contributed by atoms with E-state index in [1.807, 2.05) is 0 Å². The van der Waals surface area contributed by atoms with Crippen molar-refractivity contribution < 1.29 is 4.79 Å². The average molecular weight is 163 g/mol. The van der Waals surface area contributed by atoms with E-state index in [-0.39, 0.29) is 23.9 Å². The van der Waals surface area contributed by atoms with Gasteiger partial charge in [-0.2, -0.15) is 0 Å². The van der Waals surface area contributed by atoms with Crippen LogP contribution in [-0.2, 0) is 4.79 Å². The van der Waals surface area contributed by atoms with Crippen molar-refractivity contribution in [3.05, 3.63) is 0 Å². The van der Waals surface area contributed by atoms with Gasteiger partial charge in [0.25, 0.3) is 0 Å². The fourth-order valence-electron chi connectivity index (χ4n) is 1.49. The van der Waals surface area contributed by atoms with E-state index in [1.54, 1.807) is 0 Å². The summed E-state index contributed by atoms with van der Waals surface area (Å²) in [5.74, 6) is 0.696. The third-order valence-electron chi connectivity index (χ3n) is 2.31. The Bertz CT molecular complexity index is 173. The number of carbonyl (C=O) groups excluding carboxylic acids is 1. The van der Waals surface area contributed by atoms with Gasteiger partial charge in [-0.3, -0.25) is 4.79 Å². The molecule has 1 saturated heterocycles. The van der Waals surface area contributed by atoms with Crippen LogP contribution in [0.4, 0.5) is 0 Å². The minimum Gasteiger partial charge on any atom is -0.356 e. The van der Waals surface area contributed by atoms with Gasteiger partial charge in [0.05, 0.1) is 0 Å². The summed E-state index contributed by atoms with van der Waals surface area (Å²) in [5.41, 5.74) is 5.69. The van der Waals surface area contributed by atoms with Crippen LogP contribution in [-0.4, -0.2) is 18.0 Å². The summed E-state index contributed by atoms with van der Waals surface area (Å²) in [6, 6.07) is 0. The highest BCUT2D eigenvalue weighted by Gasteiger charge is 2.54. The van der Waals surface area contributed by atoms with Gasteiger partial charge in [-0.25, -0.2) is 0 Å². The van der Waals surface area contributed by atoms with E-state index >= 15 is 0 Å². The van der Waals surface area contributed by atoms with Gasteiger partial charge in [0.15, 0.2) is 0 Å². The van der Waals surface area contributed by atoms with E-state index < -0.39 is 0 Å². The van der Waals surface area contributed by atoms with E-state index in [0.717, 1.165) is 13.0 Å².